The van der Waals surface area contributed by atoms with E-state index in [1.807, 2.05) is 19.9 Å². The minimum absolute atomic E-state index is 0.102. The third-order valence-corrected chi connectivity index (χ3v) is 2.58. The molecule has 106 valence electrons. The molecule has 0 saturated carbocycles. The summed E-state index contributed by atoms with van der Waals surface area (Å²) in [5.74, 6) is -0.328. The standard InChI is InChI=1S/C13H21N3O3/c1-4-19-13(18)6-5-7-14-12(17)9-16-11(3)8-10(2)15-16/h8H,4-7,9H2,1-3H3,(H,14,17). The van der Waals surface area contributed by atoms with E-state index in [9.17, 15) is 9.59 Å². The molecule has 6 heteroatoms. The molecule has 6 nitrogen and oxygen atoms in total. The molecule has 1 amide bonds. The van der Waals surface area contributed by atoms with Crippen LogP contribution in [0.1, 0.15) is 31.2 Å². The number of nitrogens with one attached hydrogen (secondary N) is 1. The number of carbonyl (C=O) groups excluding carboxylic acids is 2. The van der Waals surface area contributed by atoms with Gasteiger partial charge in [-0.1, -0.05) is 0 Å². The largest absolute Gasteiger partial charge is 0.466 e. The lowest BCUT2D eigenvalue weighted by Gasteiger charge is -2.06. The molecule has 1 aromatic rings. The summed E-state index contributed by atoms with van der Waals surface area (Å²) in [7, 11) is 0. The summed E-state index contributed by atoms with van der Waals surface area (Å²) in [6.07, 6.45) is 0.912. The van der Waals surface area contributed by atoms with Crippen LogP contribution < -0.4 is 5.32 Å². The molecule has 1 rings (SSSR count). The molecule has 0 radical (unpaired) electrons. The Morgan fingerprint density at radius 1 is 1.42 bits per heavy atom. The zero-order valence-electron chi connectivity index (χ0n) is 11.7. The third kappa shape index (κ3) is 5.54. The first kappa shape index (κ1) is 15.2. The molecule has 0 aliphatic rings. The predicted molar refractivity (Wildman–Crippen MR) is 70.6 cm³/mol. The summed E-state index contributed by atoms with van der Waals surface area (Å²) in [5.41, 5.74) is 1.85. The van der Waals surface area contributed by atoms with Gasteiger partial charge >= 0.3 is 5.97 Å². The molecular weight excluding hydrogens is 246 g/mol. The van der Waals surface area contributed by atoms with Crippen LogP contribution in [0.4, 0.5) is 0 Å². The Bertz CT molecular complexity index is 440. The Labute approximate surface area is 113 Å². The maximum absolute atomic E-state index is 11.7. The predicted octanol–water partition coefficient (Wildman–Crippen LogP) is 0.959. The van der Waals surface area contributed by atoms with Crippen LogP contribution in [0.2, 0.25) is 0 Å². The van der Waals surface area contributed by atoms with E-state index < -0.39 is 0 Å². The quantitative estimate of drug-likeness (QED) is 0.590. The molecule has 1 N–H and O–H groups in total. The van der Waals surface area contributed by atoms with Crippen molar-refractivity contribution >= 4 is 11.9 Å². The molecule has 0 spiro atoms. The van der Waals surface area contributed by atoms with Crippen molar-refractivity contribution in [1.29, 1.82) is 0 Å². The second-order valence-electron chi connectivity index (χ2n) is 4.34. The van der Waals surface area contributed by atoms with E-state index in [-0.39, 0.29) is 18.4 Å². The summed E-state index contributed by atoms with van der Waals surface area (Å²) < 4.78 is 6.46. The van der Waals surface area contributed by atoms with Crippen molar-refractivity contribution in [3.05, 3.63) is 17.5 Å². The molecule has 0 aliphatic heterocycles. The highest BCUT2D eigenvalue weighted by molar-refractivity contribution is 5.75. The molecule has 0 aromatic carbocycles. The molecule has 0 unspecified atom stereocenters. The van der Waals surface area contributed by atoms with Gasteiger partial charge in [0.2, 0.25) is 5.91 Å². The second-order valence-corrected chi connectivity index (χ2v) is 4.34. The Hall–Kier alpha value is -1.85. The van der Waals surface area contributed by atoms with Crippen LogP contribution in [0.25, 0.3) is 0 Å². The normalized spacial score (nSPS) is 10.3. The van der Waals surface area contributed by atoms with Crippen molar-refractivity contribution in [2.45, 2.75) is 40.2 Å². The van der Waals surface area contributed by atoms with Crippen molar-refractivity contribution in [3.63, 3.8) is 0 Å². The van der Waals surface area contributed by atoms with Crippen molar-refractivity contribution in [2.24, 2.45) is 0 Å². The number of carbonyl (C=O) groups is 2. The number of hydrogen-bond donors (Lipinski definition) is 1. The molecular formula is C13H21N3O3. The lowest BCUT2D eigenvalue weighted by atomic mass is 10.3. The minimum Gasteiger partial charge on any atom is -0.466 e. The highest BCUT2D eigenvalue weighted by Crippen LogP contribution is 2.01. The van der Waals surface area contributed by atoms with Gasteiger partial charge in [0.15, 0.2) is 0 Å². The monoisotopic (exact) mass is 267 g/mol. The summed E-state index contributed by atoms with van der Waals surface area (Å²) in [6.45, 7) is 6.64. The zero-order chi connectivity index (χ0) is 14.3. The van der Waals surface area contributed by atoms with Crippen molar-refractivity contribution in [2.75, 3.05) is 13.2 Å². The Kier molecular flexibility index (Phi) is 6.05. The molecule has 0 bridgehead atoms. The Morgan fingerprint density at radius 2 is 2.16 bits per heavy atom. The highest BCUT2D eigenvalue weighted by atomic mass is 16.5. The average molecular weight is 267 g/mol. The smallest absolute Gasteiger partial charge is 0.305 e. The van der Waals surface area contributed by atoms with Crippen LogP contribution >= 0.6 is 0 Å². The summed E-state index contributed by atoms with van der Waals surface area (Å²) in [5, 5.41) is 6.97. The van der Waals surface area contributed by atoms with Gasteiger partial charge in [0.05, 0.1) is 12.3 Å². The van der Waals surface area contributed by atoms with Crippen molar-refractivity contribution < 1.29 is 14.3 Å². The fourth-order valence-corrected chi connectivity index (χ4v) is 1.72. The maximum atomic E-state index is 11.7. The van der Waals surface area contributed by atoms with Gasteiger partial charge in [0.25, 0.3) is 0 Å². The van der Waals surface area contributed by atoms with Crippen LogP contribution in [0, 0.1) is 13.8 Å². The van der Waals surface area contributed by atoms with Gasteiger partial charge in [-0.15, -0.1) is 0 Å². The number of ether oxygens (including phenoxy) is 1. The highest BCUT2D eigenvalue weighted by Gasteiger charge is 2.07. The molecule has 19 heavy (non-hydrogen) atoms. The maximum Gasteiger partial charge on any atom is 0.305 e. The number of rotatable bonds is 7. The Morgan fingerprint density at radius 3 is 2.74 bits per heavy atom. The van der Waals surface area contributed by atoms with Gasteiger partial charge in [-0.2, -0.15) is 5.10 Å². The zero-order valence-corrected chi connectivity index (χ0v) is 11.7. The topological polar surface area (TPSA) is 73.2 Å². The van der Waals surface area contributed by atoms with Gasteiger partial charge in [-0.3, -0.25) is 14.3 Å². The number of aromatic nitrogens is 2. The number of nitrogens with zero attached hydrogens (tertiary/aromatic N) is 2. The summed E-state index contributed by atoms with van der Waals surface area (Å²) in [6, 6.07) is 1.92. The average Bonchev–Trinajstić information content (AvgIpc) is 2.64. The number of amides is 1. The lowest BCUT2D eigenvalue weighted by molar-refractivity contribution is -0.143. The minimum atomic E-state index is -0.227. The third-order valence-electron chi connectivity index (χ3n) is 2.58. The van der Waals surface area contributed by atoms with Crippen molar-refractivity contribution in [3.8, 4) is 0 Å². The fourth-order valence-electron chi connectivity index (χ4n) is 1.72. The van der Waals surface area contributed by atoms with Crippen LogP contribution in [0.3, 0.4) is 0 Å². The first-order valence-electron chi connectivity index (χ1n) is 6.46. The van der Waals surface area contributed by atoms with E-state index >= 15 is 0 Å². The van der Waals surface area contributed by atoms with E-state index in [2.05, 4.69) is 10.4 Å². The van der Waals surface area contributed by atoms with E-state index in [4.69, 9.17) is 4.74 Å². The molecule has 0 saturated heterocycles. The van der Waals surface area contributed by atoms with Crippen LogP contribution in [-0.4, -0.2) is 34.8 Å². The van der Waals surface area contributed by atoms with Gasteiger partial charge in [-0.05, 0) is 33.3 Å². The molecule has 0 aliphatic carbocycles. The number of aryl methyl sites for hydroxylation is 2. The van der Waals surface area contributed by atoms with Gasteiger partial charge in [0.1, 0.15) is 6.54 Å². The fraction of sp³-hybridized carbons (Fsp3) is 0.615. The summed E-state index contributed by atoms with van der Waals surface area (Å²) >= 11 is 0. The van der Waals surface area contributed by atoms with E-state index in [0.29, 0.717) is 26.0 Å². The van der Waals surface area contributed by atoms with E-state index in [1.54, 1.807) is 11.6 Å². The van der Waals surface area contributed by atoms with Crippen molar-refractivity contribution in [1.82, 2.24) is 15.1 Å². The first-order chi connectivity index (χ1) is 9.02. The van der Waals surface area contributed by atoms with Gasteiger partial charge in [0, 0.05) is 18.7 Å². The van der Waals surface area contributed by atoms with E-state index in [0.717, 1.165) is 11.4 Å². The molecule has 1 aromatic heterocycles. The van der Waals surface area contributed by atoms with Crippen LogP contribution in [-0.2, 0) is 20.9 Å². The van der Waals surface area contributed by atoms with Gasteiger partial charge in [-0.25, -0.2) is 0 Å². The lowest BCUT2D eigenvalue weighted by Crippen LogP contribution is -2.29. The van der Waals surface area contributed by atoms with Crippen LogP contribution in [0.5, 0.6) is 0 Å². The molecule has 1 heterocycles. The first-order valence-corrected chi connectivity index (χ1v) is 6.46. The second kappa shape index (κ2) is 7.56. The summed E-state index contributed by atoms with van der Waals surface area (Å²) in [4.78, 5) is 22.7. The molecule has 0 fully saturated rings. The van der Waals surface area contributed by atoms with Gasteiger partial charge < -0.3 is 10.1 Å². The van der Waals surface area contributed by atoms with Crippen LogP contribution in [0.15, 0.2) is 6.07 Å². The van der Waals surface area contributed by atoms with E-state index in [1.165, 1.54) is 0 Å². The number of hydrogen-bond acceptors (Lipinski definition) is 4. The SMILES string of the molecule is CCOC(=O)CCCNC(=O)Cn1nc(C)cc1C. The molecule has 0 atom stereocenters. The Balaban J connectivity index is 2.22. The number of esters is 1.